The first-order valence-corrected chi connectivity index (χ1v) is 8.87. The third kappa shape index (κ3) is 4.63. The molecule has 24 heavy (non-hydrogen) atoms. The molecular formula is C15H21N5O3S. The number of amides is 1. The van der Waals surface area contributed by atoms with E-state index in [2.05, 4.69) is 15.1 Å². The Morgan fingerprint density at radius 2 is 2.00 bits per heavy atom. The largest absolute Gasteiger partial charge is 0.353 e. The van der Waals surface area contributed by atoms with Gasteiger partial charge in [-0.2, -0.15) is 9.82 Å². The number of aromatic nitrogens is 2. The summed E-state index contributed by atoms with van der Waals surface area (Å²) >= 11 is 0. The van der Waals surface area contributed by atoms with E-state index in [-0.39, 0.29) is 17.5 Å². The molecule has 0 saturated heterocycles. The number of sulfonamides is 1. The molecule has 0 aliphatic rings. The Labute approximate surface area is 141 Å². The molecule has 0 aliphatic carbocycles. The number of benzene rings is 1. The van der Waals surface area contributed by atoms with Gasteiger partial charge in [-0.15, -0.1) is 0 Å². The van der Waals surface area contributed by atoms with Gasteiger partial charge in [-0.05, 0) is 12.5 Å². The number of hydrogen-bond donors (Lipinski definition) is 3. The van der Waals surface area contributed by atoms with Gasteiger partial charge in [0.1, 0.15) is 4.90 Å². The van der Waals surface area contributed by atoms with Crippen molar-refractivity contribution >= 4 is 15.9 Å². The zero-order valence-electron chi connectivity index (χ0n) is 13.5. The zero-order chi connectivity index (χ0) is 17.7. The molecule has 2 aromatic rings. The van der Waals surface area contributed by atoms with Gasteiger partial charge < -0.3 is 11.1 Å². The van der Waals surface area contributed by atoms with Crippen LogP contribution < -0.4 is 15.8 Å². The first kappa shape index (κ1) is 18.1. The van der Waals surface area contributed by atoms with E-state index in [1.807, 2.05) is 30.3 Å². The van der Waals surface area contributed by atoms with Gasteiger partial charge in [-0.3, -0.25) is 9.48 Å². The number of nitrogens with two attached hydrogens (primary N) is 1. The molecule has 0 spiro atoms. The van der Waals surface area contributed by atoms with Crippen molar-refractivity contribution in [2.24, 2.45) is 12.8 Å². The van der Waals surface area contributed by atoms with Crippen LogP contribution in [0.4, 0.5) is 0 Å². The second-order valence-corrected chi connectivity index (χ2v) is 7.17. The zero-order valence-corrected chi connectivity index (χ0v) is 14.3. The van der Waals surface area contributed by atoms with Gasteiger partial charge in [0.25, 0.3) is 0 Å². The van der Waals surface area contributed by atoms with Crippen molar-refractivity contribution in [3.8, 4) is 0 Å². The maximum atomic E-state index is 12.2. The van der Waals surface area contributed by atoms with Crippen molar-refractivity contribution in [2.75, 3.05) is 6.54 Å². The van der Waals surface area contributed by atoms with Crippen LogP contribution in [0.15, 0.2) is 47.6 Å². The first-order valence-electron chi connectivity index (χ1n) is 7.39. The van der Waals surface area contributed by atoms with Gasteiger partial charge in [0.05, 0.1) is 12.2 Å². The lowest BCUT2D eigenvalue weighted by molar-refractivity contribution is -0.122. The van der Waals surface area contributed by atoms with Crippen LogP contribution in [0.5, 0.6) is 0 Å². The molecule has 1 aromatic carbocycles. The highest BCUT2D eigenvalue weighted by molar-refractivity contribution is 7.89. The Morgan fingerprint density at radius 1 is 1.33 bits per heavy atom. The summed E-state index contributed by atoms with van der Waals surface area (Å²) < 4.78 is 28.0. The van der Waals surface area contributed by atoms with Crippen molar-refractivity contribution < 1.29 is 13.2 Å². The van der Waals surface area contributed by atoms with Gasteiger partial charge in [-0.1, -0.05) is 30.3 Å². The lowest BCUT2D eigenvalue weighted by Gasteiger charge is -2.17. The fourth-order valence-electron chi connectivity index (χ4n) is 2.07. The fraction of sp³-hybridized carbons (Fsp3) is 0.333. The Balaban J connectivity index is 1.90. The molecule has 8 nitrogen and oxygen atoms in total. The third-order valence-corrected chi connectivity index (χ3v) is 4.94. The van der Waals surface area contributed by atoms with E-state index in [9.17, 15) is 13.2 Å². The quantitative estimate of drug-likeness (QED) is 0.644. The molecule has 0 fully saturated rings. The van der Waals surface area contributed by atoms with Crippen molar-refractivity contribution in [3.63, 3.8) is 0 Å². The Hall–Kier alpha value is -2.23. The molecule has 2 unspecified atom stereocenters. The topological polar surface area (TPSA) is 119 Å². The Kier molecular flexibility index (Phi) is 5.71. The van der Waals surface area contributed by atoms with Crippen LogP contribution in [0.2, 0.25) is 0 Å². The molecule has 130 valence electrons. The maximum absolute atomic E-state index is 12.2. The number of aryl methyl sites for hydroxylation is 1. The predicted molar refractivity (Wildman–Crippen MR) is 89.4 cm³/mol. The number of rotatable bonds is 7. The van der Waals surface area contributed by atoms with Crippen molar-refractivity contribution in [1.82, 2.24) is 19.8 Å². The van der Waals surface area contributed by atoms with Crippen LogP contribution >= 0.6 is 0 Å². The minimum absolute atomic E-state index is 0.00522. The molecule has 4 N–H and O–H groups in total. The molecule has 0 bridgehead atoms. The summed E-state index contributed by atoms with van der Waals surface area (Å²) in [6.07, 6.45) is 2.58. The first-order chi connectivity index (χ1) is 11.3. The number of carbonyl (C=O) groups excluding carboxylic acids is 1. The standard InChI is InChI=1S/C15H21N5O3S/c1-11(19-24(22,23)13-8-18-20(2)10-13)15(21)17-9-14(16)12-6-4-3-5-7-12/h3-8,10-11,14,19H,9,16H2,1-2H3,(H,17,21). The van der Waals surface area contributed by atoms with Gasteiger partial charge >= 0.3 is 0 Å². The number of nitrogens with one attached hydrogen (secondary N) is 2. The molecule has 0 saturated carbocycles. The van der Waals surface area contributed by atoms with Crippen LogP contribution in [0.25, 0.3) is 0 Å². The van der Waals surface area contributed by atoms with E-state index in [0.717, 1.165) is 5.56 Å². The summed E-state index contributed by atoms with van der Waals surface area (Å²) in [7, 11) is -2.19. The highest BCUT2D eigenvalue weighted by Gasteiger charge is 2.23. The highest BCUT2D eigenvalue weighted by Crippen LogP contribution is 2.09. The maximum Gasteiger partial charge on any atom is 0.244 e. The van der Waals surface area contributed by atoms with Crippen LogP contribution in [-0.2, 0) is 21.9 Å². The number of carbonyl (C=O) groups is 1. The van der Waals surface area contributed by atoms with Crippen molar-refractivity contribution in [2.45, 2.75) is 23.9 Å². The van der Waals surface area contributed by atoms with E-state index in [4.69, 9.17) is 5.73 Å². The molecule has 1 aromatic heterocycles. The van der Waals surface area contributed by atoms with Crippen molar-refractivity contribution in [1.29, 1.82) is 0 Å². The van der Waals surface area contributed by atoms with E-state index < -0.39 is 22.0 Å². The third-order valence-electron chi connectivity index (χ3n) is 3.44. The van der Waals surface area contributed by atoms with Gasteiger partial charge in [-0.25, -0.2) is 8.42 Å². The minimum atomic E-state index is -3.80. The molecule has 1 heterocycles. The minimum Gasteiger partial charge on any atom is -0.353 e. The summed E-state index contributed by atoms with van der Waals surface area (Å²) in [4.78, 5) is 12.1. The monoisotopic (exact) mass is 351 g/mol. The molecule has 2 rings (SSSR count). The van der Waals surface area contributed by atoms with Gasteiger partial charge in [0.2, 0.25) is 15.9 Å². The van der Waals surface area contributed by atoms with Gasteiger partial charge in [0, 0.05) is 25.8 Å². The summed E-state index contributed by atoms with van der Waals surface area (Å²) in [5.74, 6) is -0.450. The summed E-state index contributed by atoms with van der Waals surface area (Å²) in [6.45, 7) is 1.68. The fourth-order valence-corrected chi connectivity index (χ4v) is 3.26. The molecule has 9 heteroatoms. The summed E-state index contributed by atoms with van der Waals surface area (Å²) in [5, 5.41) is 6.46. The molecule has 2 atom stereocenters. The SMILES string of the molecule is CC(NS(=O)(=O)c1cnn(C)c1)C(=O)NCC(N)c1ccccc1. The molecule has 0 radical (unpaired) electrons. The van der Waals surface area contributed by atoms with E-state index in [1.165, 1.54) is 24.0 Å². The van der Waals surface area contributed by atoms with E-state index >= 15 is 0 Å². The van der Waals surface area contributed by atoms with E-state index in [0.29, 0.717) is 0 Å². The highest BCUT2D eigenvalue weighted by atomic mass is 32.2. The number of hydrogen-bond acceptors (Lipinski definition) is 5. The number of nitrogens with zero attached hydrogens (tertiary/aromatic N) is 2. The van der Waals surface area contributed by atoms with Crippen LogP contribution in [-0.4, -0.2) is 36.7 Å². The lowest BCUT2D eigenvalue weighted by atomic mass is 10.1. The molecular weight excluding hydrogens is 330 g/mol. The smallest absolute Gasteiger partial charge is 0.244 e. The lowest BCUT2D eigenvalue weighted by Crippen LogP contribution is -2.46. The molecule has 1 amide bonds. The van der Waals surface area contributed by atoms with Crippen LogP contribution in [0.1, 0.15) is 18.5 Å². The van der Waals surface area contributed by atoms with E-state index in [1.54, 1.807) is 7.05 Å². The normalized spacial score (nSPS) is 14.1. The second-order valence-electron chi connectivity index (χ2n) is 5.46. The Bertz CT molecular complexity index is 788. The molecule has 0 aliphatic heterocycles. The van der Waals surface area contributed by atoms with Crippen LogP contribution in [0.3, 0.4) is 0 Å². The average molecular weight is 351 g/mol. The van der Waals surface area contributed by atoms with Crippen molar-refractivity contribution in [3.05, 3.63) is 48.3 Å². The summed E-state index contributed by atoms with van der Waals surface area (Å²) in [6, 6.07) is 8.04. The van der Waals surface area contributed by atoms with Gasteiger partial charge in [0.15, 0.2) is 0 Å². The summed E-state index contributed by atoms with van der Waals surface area (Å²) in [5.41, 5.74) is 6.89. The second kappa shape index (κ2) is 7.56. The Morgan fingerprint density at radius 3 is 2.58 bits per heavy atom. The van der Waals surface area contributed by atoms with Crippen LogP contribution in [0, 0.1) is 0 Å². The predicted octanol–water partition coefficient (Wildman–Crippen LogP) is -0.0969. The average Bonchev–Trinajstić information content (AvgIpc) is 3.00.